The molecule has 0 aliphatic heterocycles. The van der Waals surface area contributed by atoms with Crippen molar-refractivity contribution in [3.8, 4) is 11.3 Å². The van der Waals surface area contributed by atoms with Gasteiger partial charge in [-0.15, -0.1) is 34.9 Å². The van der Waals surface area contributed by atoms with Gasteiger partial charge in [-0.25, -0.2) is 0 Å². The first-order valence-corrected chi connectivity index (χ1v) is 9.93. The normalized spacial score (nSPS) is 11.0. The number of aliphatic hydroxyl groups excluding tert-OH is 1. The molecule has 161 valence electrons. The van der Waals surface area contributed by atoms with Crippen molar-refractivity contribution in [3.63, 3.8) is 0 Å². The molecule has 3 nitrogen and oxygen atoms in total. The van der Waals surface area contributed by atoms with E-state index in [1.54, 1.807) is 0 Å². The van der Waals surface area contributed by atoms with Crippen LogP contribution in [0.15, 0.2) is 54.3 Å². The number of aryl methyl sites for hydroxylation is 2. The number of carbonyl (C=O) groups is 1. The Hall–Kier alpha value is -2.29. The van der Waals surface area contributed by atoms with Crippen LogP contribution in [0.2, 0.25) is 0 Å². The predicted octanol–water partition coefficient (Wildman–Crippen LogP) is 6.55. The van der Waals surface area contributed by atoms with Gasteiger partial charge in [-0.1, -0.05) is 52.0 Å². The average Bonchev–Trinajstić information content (AvgIpc) is 2.59. The van der Waals surface area contributed by atoms with E-state index in [0.717, 1.165) is 28.9 Å². The molecule has 1 radical (unpaired) electrons. The van der Waals surface area contributed by atoms with Gasteiger partial charge in [0.15, 0.2) is 5.78 Å². The van der Waals surface area contributed by atoms with E-state index in [1.165, 1.54) is 36.3 Å². The quantitative estimate of drug-likeness (QED) is 0.216. The number of rotatable bonds is 4. The molecule has 0 spiro atoms. The Morgan fingerprint density at radius 3 is 2.33 bits per heavy atom. The number of hydrogen-bond donors (Lipinski definition) is 1. The number of carbonyl (C=O) groups excluding carboxylic acids is 1. The summed E-state index contributed by atoms with van der Waals surface area (Å²) in [6.07, 6.45) is 2.17. The molecule has 1 heterocycles. The third-order valence-corrected chi connectivity index (χ3v) is 4.23. The molecular weight excluding hydrogens is 551 g/mol. The molecule has 3 rings (SSSR count). The number of pyridine rings is 1. The van der Waals surface area contributed by atoms with Crippen LogP contribution in [0.1, 0.15) is 44.5 Å². The Morgan fingerprint density at radius 1 is 1.13 bits per heavy atom. The maximum absolute atomic E-state index is 10.0. The average molecular weight is 581 g/mol. The summed E-state index contributed by atoms with van der Waals surface area (Å²) >= 11 is 0. The minimum atomic E-state index is -0.125. The topological polar surface area (TPSA) is 50.2 Å². The van der Waals surface area contributed by atoms with Gasteiger partial charge < -0.3 is 10.1 Å². The van der Waals surface area contributed by atoms with Crippen LogP contribution in [0.3, 0.4) is 0 Å². The summed E-state index contributed by atoms with van der Waals surface area (Å²) in [4.78, 5) is 15.0. The minimum absolute atomic E-state index is 0. The zero-order chi connectivity index (χ0) is 21.6. The van der Waals surface area contributed by atoms with Crippen molar-refractivity contribution >= 4 is 16.6 Å². The second-order valence-corrected chi connectivity index (χ2v) is 7.93. The fraction of sp³-hybridized carbons (Fsp3) is 0.308. The van der Waals surface area contributed by atoms with Crippen molar-refractivity contribution < 1.29 is 30.0 Å². The number of hydrogen-bond acceptors (Lipinski definition) is 3. The fourth-order valence-corrected chi connectivity index (χ4v) is 3.30. The van der Waals surface area contributed by atoms with E-state index in [-0.39, 0.29) is 31.6 Å². The van der Waals surface area contributed by atoms with E-state index in [2.05, 4.69) is 76.2 Å². The number of ketones is 1. The van der Waals surface area contributed by atoms with Crippen molar-refractivity contribution in [2.24, 2.45) is 5.92 Å². The molecule has 1 N–H and O–H groups in total. The van der Waals surface area contributed by atoms with Crippen molar-refractivity contribution in [1.82, 2.24) is 4.98 Å². The number of nitrogens with zero attached hydrogens (tertiary/aromatic N) is 1. The van der Waals surface area contributed by atoms with E-state index in [9.17, 15) is 4.79 Å². The van der Waals surface area contributed by atoms with Gasteiger partial charge in [-0.05, 0) is 48.7 Å². The minimum Gasteiger partial charge on any atom is -0.512 e. The maximum atomic E-state index is 10.0. The van der Waals surface area contributed by atoms with Gasteiger partial charge in [0.05, 0.1) is 5.76 Å². The van der Waals surface area contributed by atoms with Crippen LogP contribution in [-0.4, -0.2) is 15.9 Å². The molecule has 0 saturated heterocycles. The van der Waals surface area contributed by atoms with Gasteiger partial charge in [-0.3, -0.25) is 4.79 Å². The molecule has 0 bridgehead atoms. The first kappa shape index (κ1) is 25.7. The Balaban J connectivity index is 0.000000489. The van der Waals surface area contributed by atoms with E-state index in [1.807, 2.05) is 0 Å². The predicted molar refractivity (Wildman–Crippen MR) is 121 cm³/mol. The SMILES string of the molecule is CC(=O)C=C(C)O.Cc1[c-]c(-c2nc(CC(C)C)cc3ccccc23)cc(C)c1.[Ir]. The number of benzene rings is 2. The molecule has 0 amide bonds. The van der Waals surface area contributed by atoms with Crippen LogP contribution in [-0.2, 0) is 31.3 Å². The van der Waals surface area contributed by atoms with E-state index in [4.69, 9.17) is 10.1 Å². The smallest absolute Gasteiger partial charge is 0.155 e. The first-order valence-electron chi connectivity index (χ1n) is 9.93. The number of aliphatic hydroxyl groups is 1. The second-order valence-electron chi connectivity index (χ2n) is 7.93. The van der Waals surface area contributed by atoms with Crippen LogP contribution in [0.5, 0.6) is 0 Å². The molecule has 0 atom stereocenters. The van der Waals surface area contributed by atoms with Crippen molar-refractivity contribution in [3.05, 3.63) is 77.2 Å². The molecule has 0 aliphatic carbocycles. The number of fused-ring (bicyclic) bond motifs is 1. The first-order chi connectivity index (χ1) is 13.7. The van der Waals surface area contributed by atoms with Crippen LogP contribution in [0, 0.1) is 25.8 Å². The van der Waals surface area contributed by atoms with Gasteiger partial charge in [0, 0.05) is 31.9 Å². The fourth-order valence-electron chi connectivity index (χ4n) is 3.30. The largest absolute Gasteiger partial charge is 0.512 e. The van der Waals surface area contributed by atoms with Crippen molar-refractivity contribution in [1.29, 1.82) is 0 Å². The Kier molecular flexibility index (Phi) is 10.1. The molecule has 2 aromatic carbocycles. The molecule has 0 aliphatic rings. The molecule has 4 heteroatoms. The Bertz CT molecular complexity index is 1010. The van der Waals surface area contributed by atoms with Gasteiger partial charge in [0.25, 0.3) is 0 Å². The number of aromatic nitrogens is 1. The maximum Gasteiger partial charge on any atom is 0.155 e. The second kappa shape index (κ2) is 11.8. The monoisotopic (exact) mass is 581 g/mol. The van der Waals surface area contributed by atoms with Gasteiger partial charge in [-0.2, -0.15) is 0 Å². The summed E-state index contributed by atoms with van der Waals surface area (Å²) < 4.78 is 0. The molecule has 0 unspecified atom stereocenters. The molecule has 1 aromatic heterocycles. The van der Waals surface area contributed by atoms with Gasteiger partial charge >= 0.3 is 0 Å². The van der Waals surface area contributed by atoms with Gasteiger partial charge in [0.1, 0.15) is 0 Å². The van der Waals surface area contributed by atoms with Crippen LogP contribution in [0.25, 0.3) is 22.0 Å². The van der Waals surface area contributed by atoms with Crippen molar-refractivity contribution in [2.45, 2.75) is 48.0 Å². The van der Waals surface area contributed by atoms with E-state index < -0.39 is 0 Å². The summed E-state index contributed by atoms with van der Waals surface area (Å²) in [6.45, 7) is 11.5. The Morgan fingerprint density at radius 2 is 1.80 bits per heavy atom. The summed E-state index contributed by atoms with van der Waals surface area (Å²) in [5.41, 5.74) is 5.73. The molecule has 3 aromatic rings. The molecule has 0 saturated carbocycles. The van der Waals surface area contributed by atoms with Crippen LogP contribution < -0.4 is 0 Å². The number of allylic oxidation sites excluding steroid dienone is 2. The molecular formula is C26H30IrNO2-. The third kappa shape index (κ3) is 7.85. The summed E-state index contributed by atoms with van der Waals surface area (Å²) in [5.74, 6) is 0.539. The zero-order valence-electron chi connectivity index (χ0n) is 18.5. The standard InChI is InChI=1S/C21H22N.C5H8O2.Ir/c1-14(2)9-19-13-17-7-5-6-8-20(17)21(22-19)18-11-15(3)10-16(4)12-18;1-4(6)3-5(2)7;/h5-8,10-11,13-14H,9H2,1-4H3;3,6H,1-2H3;/q-1;;. The Labute approximate surface area is 193 Å². The molecule has 0 fully saturated rings. The molecule has 30 heavy (non-hydrogen) atoms. The van der Waals surface area contributed by atoms with E-state index in [0.29, 0.717) is 5.92 Å². The summed E-state index contributed by atoms with van der Waals surface area (Å²) in [7, 11) is 0. The summed E-state index contributed by atoms with van der Waals surface area (Å²) in [5, 5.41) is 10.8. The third-order valence-electron chi connectivity index (χ3n) is 4.23. The summed E-state index contributed by atoms with van der Waals surface area (Å²) in [6, 6.07) is 18.5. The van der Waals surface area contributed by atoms with Crippen molar-refractivity contribution in [2.75, 3.05) is 0 Å². The van der Waals surface area contributed by atoms with Crippen LogP contribution in [0.4, 0.5) is 0 Å². The van der Waals surface area contributed by atoms with Gasteiger partial charge in [0.2, 0.25) is 0 Å². The zero-order valence-corrected chi connectivity index (χ0v) is 20.9. The van der Waals surface area contributed by atoms with E-state index >= 15 is 0 Å². The van der Waals surface area contributed by atoms with Crippen LogP contribution >= 0.6 is 0 Å².